The van der Waals surface area contributed by atoms with Gasteiger partial charge in [0, 0.05) is 42.8 Å². The Labute approximate surface area is 233 Å². The molecule has 1 N–H and O–H groups in total. The SMILES string of the molecule is COc1ccc(N2CCN([C@@H](c3cc4c(C)ccc(C)c4[nH]c3=O)c3nnnn3Cc3ccccc3)CC2)cc1. The zero-order valence-corrected chi connectivity index (χ0v) is 23.0. The average molecular weight is 536 g/mol. The Balaban J connectivity index is 1.39. The summed E-state index contributed by atoms with van der Waals surface area (Å²) in [4.78, 5) is 21.6. The molecule has 40 heavy (non-hydrogen) atoms. The van der Waals surface area contributed by atoms with Crippen LogP contribution in [0.3, 0.4) is 0 Å². The van der Waals surface area contributed by atoms with Gasteiger partial charge in [-0.3, -0.25) is 9.69 Å². The van der Waals surface area contributed by atoms with E-state index in [0.29, 0.717) is 17.9 Å². The van der Waals surface area contributed by atoms with Crippen LogP contribution in [0.4, 0.5) is 5.69 Å². The number of tetrazole rings is 1. The Morgan fingerprint density at radius 1 is 0.925 bits per heavy atom. The molecular formula is C31H33N7O2. The molecule has 3 aromatic carbocycles. The quantitative estimate of drug-likeness (QED) is 0.336. The lowest BCUT2D eigenvalue weighted by Gasteiger charge is -2.39. The topological polar surface area (TPSA) is 92.2 Å². The molecule has 0 bridgehead atoms. The number of aromatic amines is 1. The van der Waals surface area contributed by atoms with Gasteiger partial charge in [0.15, 0.2) is 5.82 Å². The van der Waals surface area contributed by atoms with Crippen LogP contribution in [0, 0.1) is 13.8 Å². The van der Waals surface area contributed by atoms with Gasteiger partial charge in [-0.2, -0.15) is 0 Å². The van der Waals surface area contributed by atoms with Gasteiger partial charge in [-0.25, -0.2) is 4.68 Å². The molecule has 1 atom stereocenters. The van der Waals surface area contributed by atoms with Crippen molar-refractivity contribution in [1.29, 1.82) is 0 Å². The van der Waals surface area contributed by atoms with Crippen molar-refractivity contribution in [2.24, 2.45) is 0 Å². The third kappa shape index (κ3) is 4.96. The summed E-state index contributed by atoms with van der Waals surface area (Å²) in [6, 6.07) is 24.1. The molecule has 0 aliphatic carbocycles. The van der Waals surface area contributed by atoms with Crippen molar-refractivity contribution in [2.45, 2.75) is 26.4 Å². The van der Waals surface area contributed by atoms with Crippen molar-refractivity contribution < 1.29 is 4.74 Å². The molecule has 0 radical (unpaired) electrons. The minimum atomic E-state index is -0.398. The molecule has 0 amide bonds. The van der Waals surface area contributed by atoms with Crippen molar-refractivity contribution in [1.82, 2.24) is 30.1 Å². The van der Waals surface area contributed by atoms with Gasteiger partial charge in [0.2, 0.25) is 0 Å². The number of H-pyrrole nitrogens is 1. The Kier molecular flexibility index (Phi) is 7.04. The van der Waals surface area contributed by atoms with Gasteiger partial charge in [0.1, 0.15) is 11.8 Å². The third-order valence-corrected chi connectivity index (χ3v) is 7.86. The van der Waals surface area contributed by atoms with Gasteiger partial charge in [-0.15, -0.1) is 5.10 Å². The number of piperazine rings is 1. The summed E-state index contributed by atoms with van der Waals surface area (Å²) in [5, 5.41) is 14.0. The molecule has 9 heteroatoms. The first-order valence-corrected chi connectivity index (χ1v) is 13.6. The molecule has 0 spiro atoms. The van der Waals surface area contributed by atoms with Gasteiger partial charge in [0.05, 0.1) is 19.2 Å². The Hall–Kier alpha value is -4.50. The van der Waals surface area contributed by atoms with E-state index in [4.69, 9.17) is 4.74 Å². The van der Waals surface area contributed by atoms with Gasteiger partial charge < -0.3 is 14.6 Å². The number of nitrogens with one attached hydrogen (secondary N) is 1. The number of benzene rings is 3. The van der Waals surface area contributed by atoms with Crippen LogP contribution in [-0.4, -0.2) is 63.4 Å². The fourth-order valence-corrected chi connectivity index (χ4v) is 5.60. The second-order valence-corrected chi connectivity index (χ2v) is 10.3. The van der Waals surface area contributed by atoms with E-state index in [9.17, 15) is 4.79 Å². The molecule has 1 aliphatic heterocycles. The molecule has 1 aliphatic rings. The van der Waals surface area contributed by atoms with E-state index in [0.717, 1.165) is 65.2 Å². The Morgan fingerprint density at radius 3 is 2.38 bits per heavy atom. The van der Waals surface area contributed by atoms with E-state index in [-0.39, 0.29) is 5.56 Å². The minimum absolute atomic E-state index is 0.113. The summed E-state index contributed by atoms with van der Waals surface area (Å²) in [7, 11) is 1.68. The van der Waals surface area contributed by atoms with E-state index in [1.165, 1.54) is 0 Å². The highest BCUT2D eigenvalue weighted by Gasteiger charge is 2.33. The summed E-state index contributed by atoms with van der Waals surface area (Å²) in [6.07, 6.45) is 0. The fourth-order valence-electron chi connectivity index (χ4n) is 5.60. The molecule has 9 nitrogen and oxygen atoms in total. The first kappa shape index (κ1) is 25.8. The number of fused-ring (bicyclic) bond motifs is 1. The normalized spacial score (nSPS) is 14.9. The highest BCUT2D eigenvalue weighted by Crippen LogP contribution is 2.30. The number of rotatable bonds is 7. The zero-order valence-electron chi connectivity index (χ0n) is 23.0. The van der Waals surface area contributed by atoms with Crippen LogP contribution in [0.2, 0.25) is 0 Å². The van der Waals surface area contributed by atoms with Crippen molar-refractivity contribution >= 4 is 16.6 Å². The molecule has 2 aromatic heterocycles. The van der Waals surface area contributed by atoms with Crippen molar-refractivity contribution in [3.8, 4) is 5.75 Å². The second kappa shape index (κ2) is 10.9. The summed E-state index contributed by atoms with van der Waals surface area (Å²) in [6.45, 7) is 7.74. The van der Waals surface area contributed by atoms with E-state index in [2.05, 4.69) is 67.6 Å². The lowest BCUT2D eigenvalue weighted by atomic mass is 9.99. The lowest BCUT2D eigenvalue weighted by Crippen LogP contribution is -2.49. The number of aryl methyl sites for hydroxylation is 2. The van der Waals surface area contributed by atoms with Crippen LogP contribution in [0.25, 0.3) is 10.9 Å². The zero-order chi connectivity index (χ0) is 27.6. The number of hydrogen-bond donors (Lipinski definition) is 1. The first-order valence-electron chi connectivity index (χ1n) is 13.6. The molecule has 3 heterocycles. The smallest absolute Gasteiger partial charge is 0.253 e. The molecule has 6 rings (SSSR count). The van der Waals surface area contributed by atoms with Crippen LogP contribution in [0.1, 0.15) is 34.1 Å². The van der Waals surface area contributed by atoms with Crippen molar-refractivity contribution in [2.75, 3.05) is 38.2 Å². The maximum Gasteiger partial charge on any atom is 0.253 e. The highest BCUT2D eigenvalue weighted by molar-refractivity contribution is 5.85. The summed E-state index contributed by atoms with van der Waals surface area (Å²) < 4.78 is 7.15. The standard InChI is InChI=1S/C31H33N7O2/c1-21-9-10-22(2)28-26(21)19-27(31(39)32-28)29(30-33-34-35-38(30)20-23-7-5-4-6-8-23)37-17-15-36(16-18-37)24-11-13-25(40-3)14-12-24/h4-14,19,29H,15-18,20H2,1-3H3,(H,32,39)/t29-/m0/s1. The van der Waals surface area contributed by atoms with Gasteiger partial charge in [-0.05, 0) is 71.3 Å². The second-order valence-electron chi connectivity index (χ2n) is 10.3. The number of ether oxygens (including phenoxy) is 1. The van der Waals surface area contributed by atoms with Crippen LogP contribution in [-0.2, 0) is 6.54 Å². The van der Waals surface area contributed by atoms with Gasteiger partial charge >= 0.3 is 0 Å². The van der Waals surface area contributed by atoms with Gasteiger partial charge in [-0.1, -0.05) is 42.5 Å². The highest BCUT2D eigenvalue weighted by atomic mass is 16.5. The predicted octanol–water partition coefficient (Wildman–Crippen LogP) is 4.10. The summed E-state index contributed by atoms with van der Waals surface area (Å²) in [5.74, 6) is 1.51. The largest absolute Gasteiger partial charge is 0.497 e. The maximum atomic E-state index is 13.7. The van der Waals surface area contributed by atoms with Crippen LogP contribution >= 0.6 is 0 Å². The average Bonchev–Trinajstić information content (AvgIpc) is 3.44. The molecule has 0 saturated carbocycles. The van der Waals surface area contributed by atoms with Crippen LogP contribution in [0.5, 0.6) is 5.75 Å². The number of aromatic nitrogens is 5. The summed E-state index contributed by atoms with van der Waals surface area (Å²) >= 11 is 0. The van der Waals surface area contributed by atoms with Crippen LogP contribution < -0.4 is 15.2 Å². The molecule has 1 saturated heterocycles. The van der Waals surface area contributed by atoms with Crippen LogP contribution in [0.15, 0.2) is 77.6 Å². The number of hydrogen-bond acceptors (Lipinski definition) is 7. The first-order chi connectivity index (χ1) is 19.5. The van der Waals surface area contributed by atoms with E-state index >= 15 is 0 Å². The van der Waals surface area contributed by atoms with E-state index in [1.807, 2.05) is 54.1 Å². The summed E-state index contributed by atoms with van der Waals surface area (Å²) in [5.41, 5.74) is 5.83. The monoisotopic (exact) mass is 535 g/mol. The lowest BCUT2D eigenvalue weighted by molar-refractivity contribution is 0.200. The Bertz CT molecular complexity index is 1670. The van der Waals surface area contributed by atoms with E-state index < -0.39 is 6.04 Å². The Morgan fingerprint density at radius 2 is 1.65 bits per heavy atom. The molecular weight excluding hydrogens is 502 g/mol. The third-order valence-electron chi connectivity index (χ3n) is 7.86. The maximum absolute atomic E-state index is 13.7. The fraction of sp³-hybridized carbons (Fsp3) is 0.290. The van der Waals surface area contributed by atoms with Gasteiger partial charge in [0.25, 0.3) is 5.56 Å². The molecule has 5 aromatic rings. The number of nitrogens with zero attached hydrogens (tertiary/aromatic N) is 6. The molecule has 0 unspecified atom stereocenters. The van der Waals surface area contributed by atoms with E-state index in [1.54, 1.807) is 7.11 Å². The number of methoxy groups -OCH3 is 1. The van der Waals surface area contributed by atoms with Crippen molar-refractivity contribution in [3.05, 3.63) is 111 Å². The minimum Gasteiger partial charge on any atom is -0.497 e. The molecule has 1 fully saturated rings. The van der Waals surface area contributed by atoms with Crippen molar-refractivity contribution in [3.63, 3.8) is 0 Å². The number of pyridine rings is 1. The molecule has 204 valence electrons. The predicted molar refractivity (Wildman–Crippen MR) is 156 cm³/mol. The number of anilines is 1.